The van der Waals surface area contributed by atoms with Crippen molar-refractivity contribution in [2.45, 2.75) is 4.90 Å². The number of anilines is 1. The monoisotopic (exact) mass is 529 g/mol. The van der Waals surface area contributed by atoms with Gasteiger partial charge in [0, 0.05) is 29.4 Å². The maximum atomic E-state index is 13.6. The predicted molar refractivity (Wildman–Crippen MR) is 137 cm³/mol. The van der Waals surface area contributed by atoms with Crippen molar-refractivity contribution in [2.24, 2.45) is 0 Å². The highest BCUT2D eigenvalue weighted by Gasteiger charge is 2.26. The number of benzene rings is 2. The van der Waals surface area contributed by atoms with Crippen LogP contribution in [0.1, 0.15) is 9.67 Å². The number of likely N-dealkylation sites (N-methyl/N-ethyl adjacent to an activating group) is 1. The Labute approximate surface area is 205 Å². The average molecular weight is 531 g/mol. The van der Waals surface area contributed by atoms with Crippen LogP contribution >= 0.6 is 46.7 Å². The first-order chi connectivity index (χ1) is 14.6. The van der Waals surface area contributed by atoms with Crippen LogP contribution in [0.15, 0.2) is 47.4 Å². The lowest BCUT2D eigenvalue weighted by Gasteiger charge is -2.21. The van der Waals surface area contributed by atoms with E-state index in [1.54, 1.807) is 17.0 Å². The van der Waals surface area contributed by atoms with Crippen molar-refractivity contribution in [3.8, 4) is 0 Å². The molecule has 6 nitrogen and oxygen atoms in total. The number of sulfone groups is 1. The zero-order valence-corrected chi connectivity index (χ0v) is 21.6. The molecule has 0 N–H and O–H groups in total. The summed E-state index contributed by atoms with van der Waals surface area (Å²) in [7, 11) is 0.542. The van der Waals surface area contributed by atoms with Gasteiger partial charge in [-0.25, -0.2) is 13.4 Å². The number of carbonyl (C=O) groups excluding carboxylic acids is 1. The fourth-order valence-corrected chi connectivity index (χ4v) is 6.31. The highest BCUT2D eigenvalue weighted by Crippen LogP contribution is 2.38. The van der Waals surface area contributed by atoms with E-state index < -0.39 is 9.84 Å². The molecule has 1 amide bonds. The molecule has 0 saturated heterocycles. The van der Waals surface area contributed by atoms with E-state index in [9.17, 15) is 13.2 Å². The van der Waals surface area contributed by atoms with Gasteiger partial charge >= 0.3 is 0 Å². The van der Waals surface area contributed by atoms with Crippen LogP contribution in [-0.4, -0.2) is 57.6 Å². The van der Waals surface area contributed by atoms with E-state index in [0.717, 1.165) is 10.1 Å². The average Bonchev–Trinajstić information content (AvgIpc) is 3.28. The fourth-order valence-electron chi connectivity index (χ4n) is 3.10. The van der Waals surface area contributed by atoms with Crippen molar-refractivity contribution in [2.75, 3.05) is 38.3 Å². The number of carbonyl (C=O) groups is 1. The van der Waals surface area contributed by atoms with Crippen molar-refractivity contribution in [1.82, 2.24) is 9.88 Å². The lowest BCUT2D eigenvalue weighted by atomic mass is 10.2. The molecule has 0 bridgehead atoms. The van der Waals surface area contributed by atoms with Gasteiger partial charge in [0.2, 0.25) is 0 Å². The topological polar surface area (TPSA) is 70.6 Å². The summed E-state index contributed by atoms with van der Waals surface area (Å²) in [5.74, 6) is -0.213. The van der Waals surface area contributed by atoms with Gasteiger partial charge in [-0.3, -0.25) is 9.69 Å². The molecular formula is C21H21Cl2N3O3S3. The lowest BCUT2D eigenvalue weighted by molar-refractivity contribution is 0.0989. The van der Waals surface area contributed by atoms with Crippen LogP contribution in [-0.2, 0) is 9.84 Å². The smallest absolute Gasteiger partial charge is 0.271 e. The molecule has 4 rings (SSSR count). The molecule has 0 saturated carbocycles. The quantitative estimate of drug-likeness (QED) is 0.343. The number of rotatable bonds is 6. The molecule has 32 heavy (non-hydrogen) atoms. The van der Waals surface area contributed by atoms with Crippen LogP contribution in [0.25, 0.3) is 20.3 Å². The third-order valence-corrected chi connectivity index (χ3v) is 8.57. The Kier molecular flexibility index (Phi) is 7.48. The number of hydrogen-bond acceptors (Lipinski definition) is 7. The number of fused-ring (bicyclic) bond motifs is 2. The molecule has 0 aliphatic heterocycles. The summed E-state index contributed by atoms with van der Waals surface area (Å²) in [5, 5.41) is 1.81. The summed E-state index contributed by atoms with van der Waals surface area (Å²) in [5.41, 5.74) is 0.650. The van der Waals surface area contributed by atoms with E-state index in [1.807, 2.05) is 43.3 Å². The number of halogens is 2. The Bertz CT molecular complexity index is 1400. The molecule has 2 aromatic heterocycles. The van der Waals surface area contributed by atoms with Crippen LogP contribution in [0.5, 0.6) is 0 Å². The van der Waals surface area contributed by atoms with Gasteiger partial charge in [-0.15, -0.1) is 23.7 Å². The Morgan fingerprint density at radius 1 is 1.06 bits per heavy atom. The van der Waals surface area contributed by atoms with Crippen LogP contribution in [0.3, 0.4) is 0 Å². The highest BCUT2D eigenvalue weighted by atomic mass is 35.5. The number of hydrogen-bond donors (Lipinski definition) is 0. The molecular weight excluding hydrogens is 509 g/mol. The van der Waals surface area contributed by atoms with Crippen LogP contribution in [0.2, 0.25) is 5.02 Å². The molecule has 0 fully saturated rings. The van der Waals surface area contributed by atoms with Crippen LogP contribution in [0, 0.1) is 0 Å². The maximum Gasteiger partial charge on any atom is 0.271 e. The highest BCUT2D eigenvalue weighted by molar-refractivity contribution is 7.90. The molecule has 170 valence electrons. The van der Waals surface area contributed by atoms with Crippen molar-refractivity contribution < 1.29 is 13.2 Å². The Morgan fingerprint density at radius 3 is 2.44 bits per heavy atom. The van der Waals surface area contributed by atoms with Gasteiger partial charge in [0.05, 0.1) is 20.1 Å². The van der Waals surface area contributed by atoms with Crippen LogP contribution < -0.4 is 4.90 Å². The summed E-state index contributed by atoms with van der Waals surface area (Å²) in [6.07, 6.45) is 1.17. The maximum absolute atomic E-state index is 13.6. The molecule has 0 spiro atoms. The minimum atomic E-state index is -3.33. The van der Waals surface area contributed by atoms with Crippen molar-refractivity contribution in [1.29, 1.82) is 0 Å². The molecule has 0 aliphatic carbocycles. The summed E-state index contributed by atoms with van der Waals surface area (Å²) >= 11 is 9.22. The third kappa shape index (κ3) is 4.93. The van der Waals surface area contributed by atoms with E-state index in [1.165, 1.54) is 35.0 Å². The van der Waals surface area contributed by atoms with Gasteiger partial charge in [-0.1, -0.05) is 41.1 Å². The Morgan fingerprint density at radius 2 is 1.78 bits per heavy atom. The van der Waals surface area contributed by atoms with Gasteiger partial charge in [0.1, 0.15) is 4.88 Å². The molecule has 2 heterocycles. The summed E-state index contributed by atoms with van der Waals surface area (Å²) in [4.78, 5) is 22.5. The number of aromatic nitrogens is 1. The SMILES string of the molecule is CN(C)CCN(C(=O)c1sc2ccccc2c1Cl)c1nc2ccc(S(C)(=O)=O)cc2s1.Cl. The second-order valence-electron chi connectivity index (χ2n) is 7.40. The molecule has 0 radical (unpaired) electrons. The molecule has 4 aromatic rings. The zero-order chi connectivity index (χ0) is 22.3. The fraction of sp³-hybridized carbons (Fsp3) is 0.238. The summed E-state index contributed by atoms with van der Waals surface area (Å²) < 4.78 is 25.5. The number of thiophene rings is 1. The lowest BCUT2D eigenvalue weighted by Crippen LogP contribution is -2.36. The molecule has 0 unspecified atom stereocenters. The Hall–Kier alpha value is -1.75. The van der Waals surface area contributed by atoms with Gasteiger partial charge < -0.3 is 4.90 Å². The predicted octanol–water partition coefficient (Wildman–Crippen LogP) is 5.20. The first kappa shape index (κ1) is 24.9. The third-order valence-electron chi connectivity index (χ3n) is 4.75. The van der Waals surface area contributed by atoms with Gasteiger partial charge in [0.15, 0.2) is 15.0 Å². The van der Waals surface area contributed by atoms with E-state index >= 15 is 0 Å². The first-order valence-electron chi connectivity index (χ1n) is 9.39. The summed E-state index contributed by atoms with van der Waals surface area (Å²) in [6.45, 7) is 1.06. The molecule has 11 heteroatoms. The molecule has 0 aliphatic rings. The van der Waals surface area contributed by atoms with Crippen LogP contribution in [0.4, 0.5) is 5.13 Å². The molecule has 0 atom stereocenters. The molecule has 2 aromatic carbocycles. The van der Waals surface area contributed by atoms with Crippen molar-refractivity contribution in [3.63, 3.8) is 0 Å². The second kappa shape index (κ2) is 9.62. The van der Waals surface area contributed by atoms with Gasteiger partial charge in [-0.05, 0) is 38.4 Å². The largest absolute Gasteiger partial charge is 0.308 e. The van der Waals surface area contributed by atoms with E-state index in [2.05, 4.69) is 4.98 Å². The van der Waals surface area contributed by atoms with E-state index in [4.69, 9.17) is 11.6 Å². The zero-order valence-electron chi connectivity index (χ0n) is 17.5. The van der Waals surface area contributed by atoms with Crippen molar-refractivity contribution in [3.05, 3.63) is 52.4 Å². The Balaban J connectivity index is 0.00000289. The number of thiazole rings is 1. The minimum absolute atomic E-state index is 0. The first-order valence-corrected chi connectivity index (χ1v) is 13.3. The second-order valence-corrected chi connectivity index (χ2v) is 11.9. The van der Waals surface area contributed by atoms with Crippen molar-refractivity contribution >= 4 is 87.9 Å². The van der Waals surface area contributed by atoms with E-state index in [-0.39, 0.29) is 23.2 Å². The normalized spacial score (nSPS) is 11.8. The van der Waals surface area contributed by atoms with E-state index in [0.29, 0.717) is 38.3 Å². The van der Waals surface area contributed by atoms with Gasteiger partial charge in [-0.2, -0.15) is 0 Å². The standard InChI is InChI=1S/C21H20ClN3O3S3.ClH/c1-24(2)10-11-25(20(26)19-18(22)14-6-4-5-7-16(14)29-19)21-23-15-9-8-13(31(3,27)28)12-17(15)30-21;/h4-9,12H,10-11H2,1-3H3;1H. The van der Waals surface area contributed by atoms with Gasteiger partial charge in [0.25, 0.3) is 5.91 Å². The minimum Gasteiger partial charge on any atom is -0.308 e. The number of nitrogens with zero attached hydrogens (tertiary/aromatic N) is 3. The summed E-state index contributed by atoms with van der Waals surface area (Å²) in [6, 6.07) is 12.5. The number of amides is 1.